The van der Waals surface area contributed by atoms with Gasteiger partial charge in [-0.25, -0.2) is 0 Å². The molecule has 0 heterocycles. The molecule has 4 heteroatoms. The summed E-state index contributed by atoms with van der Waals surface area (Å²) < 4.78 is 0. The van der Waals surface area contributed by atoms with Crippen molar-refractivity contribution in [3.8, 4) is 0 Å². The normalized spacial score (nSPS) is 11.3. The molecule has 1 aromatic carbocycles. The quantitative estimate of drug-likeness (QED) is 0.822. The van der Waals surface area contributed by atoms with E-state index in [0.717, 1.165) is 12.0 Å². The molecule has 1 rings (SSSR count). The summed E-state index contributed by atoms with van der Waals surface area (Å²) in [5, 5.41) is 8.85. The first kappa shape index (κ1) is 19.0. The van der Waals surface area contributed by atoms with E-state index in [4.69, 9.17) is 5.11 Å². The number of carboxylic acid groups (broad SMARTS) is 1. The van der Waals surface area contributed by atoms with Crippen molar-refractivity contribution >= 4 is 35.5 Å². The predicted octanol–water partition coefficient (Wildman–Crippen LogP) is 1.60. The van der Waals surface area contributed by atoms with Crippen molar-refractivity contribution < 1.29 is 15.4 Å². The summed E-state index contributed by atoms with van der Waals surface area (Å²) in [4.78, 5) is 10.8. The van der Waals surface area contributed by atoms with Crippen LogP contribution < -0.4 is 0 Å². The second kappa shape index (κ2) is 8.70. The second-order valence-electron chi connectivity index (χ2n) is 4.40. The summed E-state index contributed by atoms with van der Waals surface area (Å²) in [6.07, 6.45) is 1.04. The number of carboxylic acids is 1. The van der Waals surface area contributed by atoms with Crippen molar-refractivity contribution in [1.82, 2.24) is 0 Å². The van der Waals surface area contributed by atoms with Gasteiger partial charge >= 0.3 is 35.5 Å². The van der Waals surface area contributed by atoms with Gasteiger partial charge in [0.2, 0.25) is 0 Å². The molecule has 0 spiro atoms. The van der Waals surface area contributed by atoms with Gasteiger partial charge in [0.15, 0.2) is 0 Å². The Labute approximate surface area is 125 Å². The van der Waals surface area contributed by atoms with E-state index in [1.54, 1.807) is 6.92 Å². The fourth-order valence-corrected chi connectivity index (χ4v) is 1.56. The van der Waals surface area contributed by atoms with E-state index in [2.05, 4.69) is 13.8 Å². The molecular formula is C13H21NaO3. The first-order valence-electron chi connectivity index (χ1n) is 5.32. The number of hydrogen-bond donors (Lipinski definition) is 1. The monoisotopic (exact) mass is 248 g/mol. The van der Waals surface area contributed by atoms with E-state index in [1.807, 2.05) is 24.3 Å². The van der Waals surface area contributed by atoms with Crippen LogP contribution in [0.25, 0.3) is 0 Å². The SMILES string of the molecule is CC(C)Cc1ccc(C(C)C(=O)O)cc1.O.[NaH]. The third-order valence-electron chi connectivity index (χ3n) is 2.49. The third kappa shape index (κ3) is 6.22. The van der Waals surface area contributed by atoms with Gasteiger partial charge in [-0.2, -0.15) is 0 Å². The van der Waals surface area contributed by atoms with E-state index in [-0.39, 0.29) is 35.0 Å². The van der Waals surface area contributed by atoms with Gasteiger partial charge < -0.3 is 10.6 Å². The molecule has 3 nitrogen and oxygen atoms in total. The molecule has 3 N–H and O–H groups in total. The van der Waals surface area contributed by atoms with Crippen LogP contribution in [0.15, 0.2) is 24.3 Å². The number of rotatable bonds is 4. The second-order valence-corrected chi connectivity index (χ2v) is 4.40. The Kier molecular flexibility index (Phi) is 9.72. The van der Waals surface area contributed by atoms with E-state index in [9.17, 15) is 4.79 Å². The molecule has 92 valence electrons. The van der Waals surface area contributed by atoms with Crippen molar-refractivity contribution in [3.63, 3.8) is 0 Å². The topological polar surface area (TPSA) is 68.8 Å². The minimum absolute atomic E-state index is 0. The molecular weight excluding hydrogens is 227 g/mol. The van der Waals surface area contributed by atoms with Gasteiger partial charge in [-0.15, -0.1) is 0 Å². The Morgan fingerprint density at radius 1 is 1.18 bits per heavy atom. The molecule has 0 fully saturated rings. The van der Waals surface area contributed by atoms with Gasteiger partial charge in [0.1, 0.15) is 0 Å². The molecule has 1 unspecified atom stereocenters. The molecule has 0 aliphatic rings. The van der Waals surface area contributed by atoms with Gasteiger partial charge in [-0.05, 0) is 30.4 Å². The molecule has 0 amide bonds. The molecule has 0 aliphatic heterocycles. The molecule has 0 saturated carbocycles. The molecule has 17 heavy (non-hydrogen) atoms. The zero-order chi connectivity index (χ0) is 11.4. The fourth-order valence-electron chi connectivity index (χ4n) is 1.56. The van der Waals surface area contributed by atoms with E-state index in [1.165, 1.54) is 5.56 Å². The summed E-state index contributed by atoms with van der Waals surface area (Å²) in [7, 11) is 0. The van der Waals surface area contributed by atoms with Gasteiger partial charge in [0.25, 0.3) is 0 Å². The average molecular weight is 248 g/mol. The van der Waals surface area contributed by atoms with Crippen LogP contribution >= 0.6 is 0 Å². The van der Waals surface area contributed by atoms with Crippen molar-refractivity contribution in [3.05, 3.63) is 35.4 Å². The summed E-state index contributed by atoms with van der Waals surface area (Å²) in [6, 6.07) is 7.87. The Hall–Kier alpha value is -0.350. The predicted molar refractivity (Wildman–Crippen MR) is 71.8 cm³/mol. The van der Waals surface area contributed by atoms with Gasteiger partial charge in [-0.3, -0.25) is 4.79 Å². The molecule has 0 bridgehead atoms. The molecule has 0 aliphatic carbocycles. The van der Waals surface area contributed by atoms with E-state index < -0.39 is 11.9 Å². The summed E-state index contributed by atoms with van der Waals surface area (Å²) >= 11 is 0. The number of aliphatic carboxylic acids is 1. The van der Waals surface area contributed by atoms with Crippen LogP contribution in [0.2, 0.25) is 0 Å². The maximum absolute atomic E-state index is 10.8. The Morgan fingerprint density at radius 2 is 1.65 bits per heavy atom. The van der Waals surface area contributed by atoms with Crippen molar-refractivity contribution in [2.24, 2.45) is 5.92 Å². The van der Waals surface area contributed by atoms with Crippen LogP contribution in [0, 0.1) is 5.92 Å². The average Bonchev–Trinajstić information content (AvgIpc) is 2.17. The first-order chi connectivity index (χ1) is 7.00. The van der Waals surface area contributed by atoms with Gasteiger partial charge in [0.05, 0.1) is 5.92 Å². The maximum atomic E-state index is 10.8. The Morgan fingerprint density at radius 3 is 2.00 bits per heavy atom. The number of benzene rings is 1. The van der Waals surface area contributed by atoms with Crippen LogP contribution in [-0.4, -0.2) is 46.1 Å². The molecule has 0 aromatic heterocycles. The van der Waals surface area contributed by atoms with Crippen LogP contribution in [0.3, 0.4) is 0 Å². The van der Waals surface area contributed by atoms with Crippen LogP contribution in [-0.2, 0) is 11.2 Å². The van der Waals surface area contributed by atoms with Crippen LogP contribution in [0.1, 0.15) is 37.8 Å². The summed E-state index contributed by atoms with van der Waals surface area (Å²) in [6.45, 7) is 6.06. The molecule has 1 atom stereocenters. The number of carbonyl (C=O) groups is 1. The zero-order valence-electron chi connectivity index (χ0n) is 10.0. The minimum atomic E-state index is -0.772. The standard InChI is InChI=1S/C13H18O2.Na.H2O.H/c1-9(2)8-11-4-6-12(7-5-11)10(3)13(14)15;;;/h4-7,9-10H,8H2,1-3H3,(H,14,15);;1H2;. The first-order valence-corrected chi connectivity index (χ1v) is 5.32. The third-order valence-corrected chi connectivity index (χ3v) is 2.49. The van der Waals surface area contributed by atoms with Crippen molar-refractivity contribution in [1.29, 1.82) is 0 Å². The fraction of sp³-hybridized carbons (Fsp3) is 0.462. The summed E-state index contributed by atoms with van der Waals surface area (Å²) in [5.41, 5.74) is 2.14. The zero-order valence-corrected chi connectivity index (χ0v) is 10.0. The molecule has 0 saturated heterocycles. The molecule has 0 radical (unpaired) electrons. The Balaban J connectivity index is 0. The molecule has 1 aromatic rings. The van der Waals surface area contributed by atoms with Crippen molar-refractivity contribution in [2.45, 2.75) is 33.1 Å². The van der Waals surface area contributed by atoms with Gasteiger partial charge in [0, 0.05) is 0 Å². The van der Waals surface area contributed by atoms with Crippen LogP contribution in [0.4, 0.5) is 0 Å². The van der Waals surface area contributed by atoms with Crippen LogP contribution in [0.5, 0.6) is 0 Å². The Bertz CT molecular complexity index is 333. The summed E-state index contributed by atoms with van der Waals surface area (Å²) in [5.74, 6) is -0.558. The van der Waals surface area contributed by atoms with Crippen molar-refractivity contribution in [2.75, 3.05) is 0 Å². The van der Waals surface area contributed by atoms with Gasteiger partial charge in [-0.1, -0.05) is 38.1 Å². The number of hydrogen-bond acceptors (Lipinski definition) is 1. The van der Waals surface area contributed by atoms with E-state index in [0.29, 0.717) is 5.92 Å². The van der Waals surface area contributed by atoms with E-state index >= 15 is 0 Å².